The van der Waals surface area contributed by atoms with Crippen molar-refractivity contribution >= 4 is 11.6 Å². The van der Waals surface area contributed by atoms with Crippen molar-refractivity contribution in [2.75, 3.05) is 5.32 Å². The zero-order chi connectivity index (χ0) is 13.1. The molecular formula is C12H14FN3O. The molecule has 1 aromatic rings. The van der Waals surface area contributed by atoms with Gasteiger partial charge in [-0.3, -0.25) is 4.79 Å². The first-order valence-corrected chi connectivity index (χ1v) is 5.20. The molecule has 0 bridgehead atoms. The predicted molar refractivity (Wildman–Crippen MR) is 62.6 cm³/mol. The standard InChI is InChI=1S/C12H14FN3O/c1-3-12(2,15)11(17)16-9-4-5-10(13)8(6-9)7-14/h4-6H,3,15H2,1-2H3,(H,16,17). The van der Waals surface area contributed by atoms with Gasteiger partial charge in [0.25, 0.3) is 0 Å². The largest absolute Gasteiger partial charge is 0.324 e. The molecule has 1 unspecified atom stereocenters. The summed E-state index contributed by atoms with van der Waals surface area (Å²) >= 11 is 0. The summed E-state index contributed by atoms with van der Waals surface area (Å²) in [5.74, 6) is -0.980. The second-order valence-corrected chi connectivity index (χ2v) is 4.03. The molecular weight excluding hydrogens is 221 g/mol. The SMILES string of the molecule is CCC(C)(N)C(=O)Nc1ccc(F)c(C#N)c1. The molecule has 0 radical (unpaired) electrons. The molecule has 1 rings (SSSR count). The average molecular weight is 235 g/mol. The van der Waals surface area contributed by atoms with Crippen molar-refractivity contribution in [1.82, 2.24) is 0 Å². The van der Waals surface area contributed by atoms with Gasteiger partial charge in [-0.15, -0.1) is 0 Å². The van der Waals surface area contributed by atoms with E-state index in [-0.39, 0.29) is 11.5 Å². The first kappa shape index (κ1) is 13.1. The van der Waals surface area contributed by atoms with Gasteiger partial charge in [0.15, 0.2) is 0 Å². The van der Waals surface area contributed by atoms with Gasteiger partial charge in [0.05, 0.1) is 11.1 Å². The van der Waals surface area contributed by atoms with Crippen molar-refractivity contribution in [3.63, 3.8) is 0 Å². The van der Waals surface area contributed by atoms with Crippen molar-refractivity contribution < 1.29 is 9.18 Å². The highest BCUT2D eigenvalue weighted by Crippen LogP contribution is 2.16. The topological polar surface area (TPSA) is 78.9 Å². The van der Waals surface area contributed by atoms with E-state index in [2.05, 4.69) is 5.32 Å². The minimum absolute atomic E-state index is 0.113. The van der Waals surface area contributed by atoms with Crippen LogP contribution in [-0.4, -0.2) is 11.4 Å². The molecule has 0 saturated heterocycles. The number of amides is 1. The fourth-order valence-corrected chi connectivity index (χ4v) is 1.12. The van der Waals surface area contributed by atoms with Gasteiger partial charge >= 0.3 is 0 Å². The Morgan fingerprint density at radius 3 is 2.82 bits per heavy atom. The van der Waals surface area contributed by atoms with Gasteiger partial charge in [-0.1, -0.05) is 6.92 Å². The van der Waals surface area contributed by atoms with Gasteiger partial charge < -0.3 is 11.1 Å². The molecule has 0 spiro atoms. The Bertz CT molecular complexity index is 477. The number of hydrogen-bond acceptors (Lipinski definition) is 3. The Labute approximate surface area is 99.2 Å². The smallest absolute Gasteiger partial charge is 0.244 e. The highest BCUT2D eigenvalue weighted by Gasteiger charge is 2.25. The maximum absolute atomic E-state index is 13.0. The van der Waals surface area contributed by atoms with E-state index >= 15 is 0 Å². The summed E-state index contributed by atoms with van der Waals surface area (Å²) in [5, 5.41) is 11.2. The van der Waals surface area contributed by atoms with E-state index < -0.39 is 11.4 Å². The van der Waals surface area contributed by atoms with E-state index in [1.54, 1.807) is 19.9 Å². The lowest BCUT2D eigenvalue weighted by Gasteiger charge is -2.21. The molecule has 1 atom stereocenters. The Hall–Kier alpha value is -1.93. The Balaban J connectivity index is 2.91. The lowest BCUT2D eigenvalue weighted by Crippen LogP contribution is -2.47. The highest BCUT2D eigenvalue weighted by atomic mass is 19.1. The van der Waals surface area contributed by atoms with E-state index in [0.29, 0.717) is 12.1 Å². The summed E-state index contributed by atoms with van der Waals surface area (Å²) in [6.45, 7) is 3.40. The van der Waals surface area contributed by atoms with E-state index in [1.165, 1.54) is 12.1 Å². The number of anilines is 1. The number of benzene rings is 1. The number of nitrogens with two attached hydrogens (primary N) is 1. The highest BCUT2D eigenvalue weighted by molar-refractivity contribution is 5.97. The number of halogens is 1. The molecule has 0 fully saturated rings. The molecule has 0 heterocycles. The zero-order valence-corrected chi connectivity index (χ0v) is 9.75. The minimum atomic E-state index is -0.985. The van der Waals surface area contributed by atoms with E-state index in [4.69, 9.17) is 11.0 Å². The van der Waals surface area contributed by atoms with E-state index in [1.807, 2.05) is 0 Å². The summed E-state index contributed by atoms with van der Waals surface area (Å²) in [6.07, 6.45) is 0.477. The second kappa shape index (κ2) is 4.93. The third-order valence-electron chi connectivity index (χ3n) is 2.60. The Morgan fingerprint density at radius 2 is 2.29 bits per heavy atom. The molecule has 0 aliphatic carbocycles. The van der Waals surface area contributed by atoms with Crippen molar-refractivity contribution in [1.29, 1.82) is 5.26 Å². The van der Waals surface area contributed by atoms with Crippen LogP contribution in [0.1, 0.15) is 25.8 Å². The molecule has 0 aliphatic heterocycles. The van der Waals surface area contributed by atoms with Crippen LogP contribution >= 0.6 is 0 Å². The summed E-state index contributed by atoms with van der Waals surface area (Å²) in [6, 6.07) is 5.50. The number of hydrogen-bond donors (Lipinski definition) is 2. The third kappa shape index (κ3) is 3.02. The van der Waals surface area contributed by atoms with Gasteiger partial charge in [0, 0.05) is 5.69 Å². The van der Waals surface area contributed by atoms with Crippen LogP contribution in [0.5, 0.6) is 0 Å². The lowest BCUT2D eigenvalue weighted by atomic mass is 9.99. The van der Waals surface area contributed by atoms with Crippen LogP contribution in [0.25, 0.3) is 0 Å². The third-order valence-corrected chi connectivity index (χ3v) is 2.60. The van der Waals surface area contributed by atoms with Crippen LogP contribution in [-0.2, 0) is 4.79 Å². The number of carbonyl (C=O) groups excluding carboxylic acids is 1. The normalized spacial score (nSPS) is 13.6. The van der Waals surface area contributed by atoms with Crippen molar-refractivity contribution in [2.45, 2.75) is 25.8 Å². The van der Waals surface area contributed by atoms with Crippen LogP contribution in [0.15, 0.2) is 18.2 Å². The molecule has 90 valence electrons. The molecule has 17 heavy (non-hydrogen) atoms. The monoisotopic (exact) mass is 235 g/mol. The molecule has 1 aromatic carbocycles. The number of nitrogens with zero attached hydrogens (tertiary/aromatic N) is 1. The molecule has 0 saturated carbocycles. The molecule has 0 aromatic heterocycles. The minimum Gasteiger partial charge on any atom is -0.324 e. The Morgan fingerprint density at radius 1 is 1.65 bits per heavy atom. The van der Waals surface area contributed by atoms with E-state index in [9.17, 15) is 9.18 Å². The number of rotatable bonds is 3. The summed E-state index contributed by atoms with van der Waals surface area (Å²) in [7, 11) is 0. The quantitative estimate of drug-likeness (QED) is 0.837. The first-order chi connectivity index (χ1) is 7.90. The van der Waals surface area contributed by atoms with Gasteiger partial charge in [0.1, 0.15) is 11.9 Å². The maximum atomic E-state index is 13.0. The van der Waals surface area contributed by atoms with E-state index in [0.717, 1.165) is 6.07 Å². The van der Waals surface area contributed by atoms with Gasteiger partial charge in [-0.25, -0.2) is 4.39 Å². The fraction of sp³-hybridized carbons (Fsp3) is 0.333. The number of nitriles is 1. The zero-order valence-electron chi connectivity index (χ0n) is 9.75. The number of nitrogens with one attached hydrogen (secondary N) is 1. The molecule has 5 heteroatoms. The lowest BCUT2D eigenvalue weighted by molar-refractivity contribution is -0.120. The number of carbonyl (C=O) groups is 1. The van der Waals surface area contributed by atoms with Gasteiger partial charge in [0.2, 0.25) is 5.91 Å². The summed E-state index contributed by atoms with van der Waals surface area (Å²) in [4.78, 5) is 11.7. The van der Waals surface area contributed by atoms with Gasteiger partial charge in [-0.2, -0.15) is 5.26 Å². The predicted octanol–water partition coefficient (Wildman–Crippen LogP) is 1.76. The van der Waals surface area contributed by atoms with Gasteiger partial charge in [-0.05, 0) is 31.5 Å². The van der Waals surface area contributed by atoms with Crippen LogP contribution in [0, 0.1) is 17.1 Å². The molecule has 4 nitrogen and oxygen atoms in total. The van der Waals surface area contributed by atoms with Crippen LogP contribution in [0.4, 0.5) is 10.1 Å². The first-order valence-electron chi connectivity index (χ1n) is 5.20. The molecule has 1 amide bonds. The molecule has 0 aliphatic rings. The van der Waals surface area contributed by atoms with Crippen molar-refractivity contribution in [2.24, 2.45) is 5.73 Å². The van der Waals surface area contributed by atoms with Crippen LogP contribution in [0.3, 0.4) is 0 Å². The Kier molecular flexibility index (Phi) is 3.81. The fourth-order valence-electron chi connectivity index (χ4n) is 1.12. The van der Waals surface area contributed by atoms with Crippen LogP contribution < -0.4 is 11.1 Å². The van der Waals surface area contributed by atoms with Crippen LogP contribution in [0.2, 0.25) is 0 Å². The van der Waals surface area contributed by atoms with Crippen molar-refractivity contribution in [3.8, 4) is 6.07 Å². The van der Waals surface area contributed by atoms with Crippen molar-refractivity contribution in [3.05, 3.63) is 29.6 Å². The second-order valence-electron chi connectivity index (χ2n) is 4.03. The summed E-state index contributed by atoms with van der Waals surface area (Å²) < 4.78 is 13.0. The maximum Gasteiger partial charge on any atom is 0.244 e. The molecule has 3 N–H and O–H groups in total. The average Bonchev–Trinajstić information content (AvgIpc) is 2.31. The summed E-state index contributed by atoms with van der Waals surface area (Å²) in [5.41, 5.74) is 5.02.